The van der Waals surface area contributed by atoms with E-state index in [2.05, 4.69) is 11.0 Å². The van der Waals surface area contributed by atoms with Gasteiger partial charge in [0.2, 0.25) is 11.8 Å². The summed E-state index contributed by atoms with van der Waals surface area (Å²) >= 11 is 0. The minimum absolute atomic E-state index is 0.284. The highest BCUT2D eigenvalue weighted by atomic mass is 16.5. The second-order valence-corrected chi connectivity index (χ2v) is 5.69. The Bertz CT molecular complexity index is 866. The maximum Gasteiger partial charge on any atom is 0.248 e. The first-order valence-corrected chi connectivity index (χ1v) is 8.15. The van der Waals surface area contributed by atoms with E-state index in [1.807, 2.05) is 24.3 Å². The Morgan fingerprint density at radius 3 is 1.29 bits per heavy atom. The van der Waals surface area contributed by atoms with Crippen molar-refractivity contribution in [2.45, 2.75) is 0 Å². The molecule has 0 atom stereocenters. The number of benzene rings is 3. The van der Waals surface area contributed by atoms with Crippen LogP contribution in [-0.4, -0.2) is 22.2 Å². The lowest BCUT2D eigenvalue weighted by Crippen LogP contribution is -2.14. The molecule has 0 aliphatic carbocycles. The van der Waals surface area contributed by atoms with E-state index >= 15 is 0 Å². The summed E-state index contributed by atoms with van der Waals surface area (Å²) in [7, 11) is 0. The number of nitrogens with two attached hydrogens (primary N) is 2. The molecule has 0 aliphatic rings. The first kappa shape index (κ1) is 20.4. The highest BCUT2D eigenvalue weighted by Crippen LogP contribution is 2.22. The van der Waals surface area contributed by atoms with Crippen LogP contribution in [0.5, 0.6) is 0 Å². The van der Waals surface area contributed by atoms with E-state index in [4.69, 9.17) is 21.9 Å². The summed E-state index contributed by atoms with van der Waals surface area (Å²) in [5.74, 6) is -1.14. The summed E-state index contributed by atoms with van der Waals surface area (Å²) < 4.78 is 0. The molecule has 0 bridgehead atoms. The van der Waals surface area contributed by atoms with Crippen LogP contribution < -0.4 is 22.4 Å². The lowest BCUT2D eigenvalue weighted by Gasteiger charge is -2.04. The van der Waals surface area contributed by atoms with Gasteiger partial charge in [-0.05, 0) is 53.6 Å². The van der Waals surface area contributed by atoms with Gasteiger partial charge in [0.25, 0.3) is 0 Å². The molecule has 0 aliphatic heterocycles. The Hall–Kier alpha value is -3.88. The van der Waals surface area contributed by atoms with Gasteiger partial charge in [-0.25, -0.2) is 0 Å². The molecule has 0 radical (unpaired) electrons. The first-order valence-electron chi connectivity index (χ1n) is 8.15. The molecule has 0 aromatic heterocycles. The molecule has 3 aromatic rings. The minimum Gasteiger partial charge on any atom is -0.366 e. The maximum atomic E-state index is 10.6. The third kappa shape index (κ3) is 5.56. The third-order valence-corrected chi connectivity index (χ3v) is 3.79. The van der Waals surface area contributed by atoms with E-state index in [0.717, 1.165) is 11.1 Å². The van der Waals surface area contributed by atoms with Crippen molar-refractivity contribution in [2.24, 2.45) is 11.5 Å². The van der Waals surface area contributed by atoms with Crippen LogP contribution in [0.3, 0.4) is 0 Å². The van der Waals surface area contributed by atoms with Gasteiger partial charge in [0, 0.05) is 11.1 Å². The molecule has 8 N–H and O–H groups in total. The zero-order valence-corrected chi connectivity index (χ0v) is 14.8. The van der Waals surface area contributed by atoms with Gasteiger partial charge < -0.3 is 11.5 Å². The minimum atomic E-state index is -0.571. The van der Waals surface area contributed by atoms with Gasteiger partial charge in [0.1, 0.15) is 0 Å². The van der Waals surface area contributed by atoms with Crippen molar-refractivity contribution in [3.05, 3.63) is 83.9 Å². The van der Waals surface area contributed by atoms with Crippen molar-refractivity contribution < 1.29 is 20.0 Å². The van der Waals surface area contributed by atoms with E-state index < -0.39 is 11.8 Å². The van der Waals surface area contributed by atoms with Crippen LogP contribution in [0.2, 0.25) is 0 Å². The van der Waals surface area contributed by atoms with Crippen LogP contribution in [0.15, 0.2) is 72.8 Å². The largest absolute Gasteiger partial charge is 0.366 e. The van der Waals surface area contributed by atoms with E-state index in [1.165, 1.54) is 18.2 Å². The quantitative estimate of drug-likeness (QED) is 0.375. The van der Waals surface area contributed by atoms with Gasteiger partial charge in [0.15, 0.2) is 0 Å². The number of nitrogens with one attached hydrogen (secondary N) is 2. The summed E-state index contributed by atoms with van der Waals surface area (Å²) in [5.41, 5.74) is 18.1. The monoisotopic (exact) mass is 380 g/mol. The van der Waals surface area contributed by atoms with Gasteiger partial charge in [-0.2, -0.15) is 0 Å². The Labute approximate surface area is 161 Å². The summed E-state index contributed by atoms with van der Waals surface area (Å²) in [4.78, 5) is 21.3. The summed E-state index contributed by atoms with van der Waals surface area (Å²) in [5, 5.41) is 17.4. The fourth-order valence-corrected chi connectivity index (χ4v) is 2.30. The van der Waals surface area contributed by atoms with Crippen LogP contribution in [0, 0.1) is 0 Å². The van der Waals surface area contributed by atoms with Crippen LogP contribution >= 0.6 is 0 Å². The highest BCUT2D eigenvalue weighted by molar-refractivity contribution is 5.98. The van der Waals surface area contributed by atoms with Gasteiger partial charge in [-0.1, -0.05) is 30.3 Å². The Balaban J connectivity index is 0.000000209. The summed E-state index contributed by atoms with van der Waals surface area (Å²) in [6.45, 7) is 0. The molecule has 144 valence electrons. The van der Waals surface area contributed by atoms with Crippen molar-refractivity contribution in [3.63, 3.8) is 0 Å². The second-order valence-electron chi connectivity index (χ2n) is 5.69. The average Bonchev–Trinajstić information content (AvgIpc) is 2.74. The van der Waals surface area contributed by atoms with E-state index in [1.54, 1.807) is 30.3 Å². The Morgan fingerprint density at radius 1 is 0.643 bits per heavy atom. The van der Waals surface area contributed by atoms with Crippen LogP contribution in [0.1, 0.15) is 20.7 Å². The lowest BCUT2D eigenvalue weighted by molar-refractivity contribution is 0.0999. The molecule has 28 heavy (non-hydrogen) atoms. The predicted octanol–water partition coefficient (Wildman–Crippen LogP) is 2.84. The number of carbonyl (C=O) groups is 2. The van der Waals surface area contributed by atoms with Crippen molar-refractivity contribution in [3.8, 4) is 11.1 Å². The Morgan fingerprint density at radius 2 is 1.00 bits per heavy atom. The first-order chi connectivity index (χ1) is 13.4. The van der Waals surface area contributed by atoms with Crippen LogP contribution in [0.25, 0.3) is 11.1 Å². The summed E-state index contributed by atoms with van der Waals surface area (Å²) in [6, 6.07) is 20.7. The number of hydrogen-bond acceptors (Lipinski definition) is 6. The lowest BCUT2D eigenvalue weighted by atomic mass is 10.1. The number of hydrogen-bond donors (Lipinski definition) is 6. The zero-order valence-electron chi connectivity index (χ0n) is 14.8. The summed E-state index contributed by atoms with van der Waals surface area (Å²) in [6.07, 6.45) is 0. The number of rotatable bonds is 5. The maximum absolute atomic E-state index is 10.6. The van der Waals surface area contributed by atoms with Crippen molar-refractivity contribution >= 4 is 23.2 Å². The number of primary amides is 2. The van der Waals surface area contributed by atoms with E-state index in [-0.39, 0.29) is 11.1 Å². The van der Waals surface area contributed by atoms with E-state index in [0.29, 0.717) is 11.4 Å². The third-order valence-electron chi connectivity index (χ3n) is 3.79. The molecule has 0 heterocycles. The van der Waals surface area contributed by atoms with Gasteiger partial charge in [0.05, 0.1) is 11.4 Å². The normalized spacial score (nSPS) is 9.64. The smallest absolute Gasteiger partial charge is 0.248 e. The topological polar surface area (TPSA) is 151 Å². The molecular weight excluding hydrogens is 360 g/mol. The second kappa shape index (κ2) is 9.72. The number of carbonyl (C=O) groups excluding carboxylic acids is 2. The van der Waals surface area contributed by atoms with Crippen LogP contribution in [0.4, 0.5) is 11.4 Å². The van der Waals surface area contributed by atoms with Crippen molar-refractivity contribution in [1.29, 1.82) is 0 Å². The molecule has 3 rings (SSSR count). The highest BCUT2D eigenvalue weighted by Gasteiger charge is 2.04. The average molecular weight is 380 g/mol. The molecule has 8 heteroatoms. The molecule has 0 unspecified atom stereocenters. The molecular formula is C20H20N4O4. The fraction of sp³-hybridized carbons (Fsp3) is 0. The molecule has 0 saturated heterocycles. The predicted molar refractivity (Wildman–Crippen MR) is 106 cm³/mol. The molecule has 0 saturated carbocycles. The number of amides is 2. The van der Waals surface area contributed by atoms with Crippen molar-refractivity contribution in [2.75, 3.05) is 11.0 Å². The molecule has 3 aromatic carbocycles. The number of anilines is 2. The Kier molecular flexibility index (Phi) is 7.09. The van der Waals surface area contributed by atoms with Crippen molar-refractivity contribution in [1.82, 2.24) is 0 Å². The molecule has 0 spiro atoms. The SMILES string of the molecule is NC(=O)c1cccc(C(N)=O)c1.ONc1ccc(-c2ccc(NO)cc2)cc1. The van der Waals surface area contributed by atoms with E-state index in [9.17, 15) is 9.59 Å². The standard InChI is InChI=1S/C12H12N2O2.C8H8N2O2/c15-13-11-5-1-9(2-6-11)10-3-7-12(14-16)8-4-10;9-7(11)5-2-1-3-6(4-5)8(10)12/h1-8,13-16H;1-4H,(H2,9,11)(H2,10,12). The zero-order chi connectivity index (χ0) is 20.5. The molecule has 2 amide bonds. The van der Waals surface area contributed by atoms with Gasteiger partial charge in [-0.3, -0.25) is 31.0 Å². The van der Waals surface area contributed by atoms with Crippen LogP contribution in [-0.2, 0) is 0 Å². The van der Waals surface area contributed by atoms with Gasteiger partial charge >= 0.3 is 0 Å². The van der Waals surface area contributed by atoms with Gasteiger partial charge in [-0.15, -0.1) is 0 Å². The molecule has 8 nitrogen and oxygen atoms in total. The molecule has 0 fully saturated rings. The fourth-order valence-electron chi connectivity index (χ4n) is 2.30.